The van der Waals surface area contributed by atoms with Gasteiger partial charge in [-0.3, -0.25) is 9.67 Å². The van der Waals surface area contributed by atoms with Crippen LogP contribution in [0.25, 0.3) is 22.4 Å². The molecule has 0 bridgehead atoms. The summed E-state index contributed by atoms with van der Waals surface area (Å²) in [6.07, 6.45) is 6.93. The van der Waals surface area contributed by atoms with Gasteiger partial charge in [-0.25, -0.2) is 8.42 Å². The summed E-state index contributed by atoms with van der Waals surface area (Å²) in [5.74, 6) is 0.574. The Morgan fingerprint density at radius 1 is 1.16 bits per heavy atom. The van der Waals surface area contributed by atoms with Crippen LogP contribution in [0.2, 0.25) is 0 Å². The van der Waals surface area contributed by atoms with E-state index in [0.29, 0.717) is 25.2 Å². The Bertz CT molecular complexity index is 1320. The number of nitrogens with zero attached hydrogens (tertiary/aromatic N) is 6. The van der Waals surface area contributed by atoms with Gasteiger partial charge in [0.05, 0.1) is 6.20 Å². The molecule has 9 nitrogen and oxygen atoms in total. The summed E-state index contributed by atoms with van der Waals surface area (Å²) in [6.45, 7) is 2.91. The van der Waals surface area contributed by atoms with Gasteiger partial charge in [0, 0.05) is 30.9 Å². The largest absolute Gasteiger partial charge is 0.417 e. The first kappa shape index (κ1) is 19.8. The first-order chi connectivity index (χ1) is 15.1. The molecule has 0 saturated carbocycles. The highest BCUT2D eigenvalue weighted by Gasteiger charge is 2.38. The minimum atomic E-state index is -3.73. The summed E-state index contributed by atoms with van der Waals surface area (Å²) in [5, 5.41) is 14.5. The molecule has 0 amide bonds. The highest BCUT2D eigenvalue weighted by atomic mass is 32.2. The van der Waals surface area contributed by atoms with Crippen LogP contribution >= 0.6 is 0 Å². The smallest absolute Gasteiger partial charge is 0.266 e. The summed E-state index contributed by atoms with van der Waals surface area (Å²) < 4.78 is 35.7. The van der Waals surface area contributed by atoms with Gasteiger partial charge in [0.25, 0.3) is 5.89 Å². The number of piperidine rings is 1. The molecule has 31 heavy (non-hydrogen) atoms. The van der Waals surface area contributed by atoms with Crippen molar-refractivity contribution in [1.29, 1.82) is 0 Å². The Kier molecular flexibility index (Phi) is 5.03. The number of benzene rings is 1. The fourth-order valence-electron chi connectivity index (χ4n) is 3.98. The van der Waals surface area contributed by atoms with Crippen molar-refractivity contribution < 1.29 is 12.8 Å². The van der Waals surface area contributed by atoms with Crippen molar-refractivity contribution in [3.05, 3.63) is 54.8 Å². The second-order valence-electron chi connectivity index (χ2n) is 7.49. The molecule has 1 fully saturated rings. The van der Waals surface area contributed by atoms with Gasteiger partial charge in [0.15, 0.2) is 0 Å². The lowest BCUT2D eigenvalue weighted by molar-refractivity contribution is 0.220. The Labute approximate surface area is 179 Å². The van der Waals surface area contributed by atoms with Gasteiger partial charge < -0.3 is 4.42 Å². The van der Waals surface area contributed by atoms with Crippen LogP contribution in [-0.4, -0.2) is 44.2 Å². The van der Waals surface area contributed by atoms with Crippen molar-refractivity contribution in [3.63, 3.8) is 0 Å². The molecule has 1 saturated heterocycles. The fraction of sp³-hybridized carbons (Fsp3) is 0.333. The fourth-order valence-corrected chi connectivity index (χ4v) is 5.59. The minimum absolute atomic E-state index is 0.178. The quantitative estimate of drug-likeness (QED) is 0.470. The number of sulfonamides is 1. The lowest BCUT2D eigenvalue weighted by atomic mass is 10.1. The topological polar surface area (TPSA) is 107 Å². The maximum absolute atomic E-state index is 13.3. The maximum Gasteiger partial charge on any atom is 0.266 e. The Morgan fingerprint density at radius 2 is 2.03 bits per heavy atom. The highest BCUT2D eigenvalue weighted by Crippen LogP contribution is 2.36. The summed E-state index contributed by atoms with van der Waals surface area (Å²) >= 11 is 0. The van der Waals surface area contributed by atoms with Crippen LogP contribution in [0.3, 0.4) is 0 Å². The molecule has 1 aromatic carbocycles. The summed E-state index contributed by atoms with van der Waals surface area (Å²) in [5.41, 5.74) is 0.589. The zero-order chi connectivity index (χ0) is 21.4. The van der Waals surface area contributed by atoms with Crippen LogP contribution in [0.4, 0.5) is 0 Å². The third-order valence-electron chi connectivity index (χ3n) is 5.60. The van der Waals surface area contributed by atoms with E-state index in [1.807, 2.05) is 37.3 Å². The van der Waals surface area contributed by atoms with Crippen LogP contribution in [0.5, 0.6) is 0 Å². The molecule has 160 valence electrons. The van der Waals surface area contributed by atoms with Crippen LogP contribution in [-0.2, 0) is 16.6 Å². The second-order valence-corrected chi connectivity index (χ2v) is 9.38. The molecule has 0 spiro atoms. The van der Waals surface area contributed by atoms with E-state index >= 15 is 0 Å². The molecule has 1 aliphatic heterocycles. The molecular formula is C21H22N6O3S. The average Bonchev–Trinajstić information content (AvgIpc) is 3.49. The SMILES string of the molecule is CCn1cc(S(=O)(=O)N2CCCC[C@H]2c2nnc(-c3nccc4ccccc34)o2)cn1. The molecule has 0 unspecified atom stereocenters. The van der Waals surface area contributed by atoms with Gasteiger partial charge >= 0.3 is 0 Å². The highest BCUT2D eigenvalue weighted by molar-refractivity contribution is 7.89. The minimum Gasteiger partial charge on any atom is -0.417 e. The van der Waals surface area contributed by atoms with Crippen molar-refractivity contribution >= 4 is 20.8 Å². The first-order valence-corrected chi connectivity index (χ1v) is 11.7. The summed E-state index contributed by atoms with van der Waals surface area (Å²) in [6, 6.07) is 9.23. The molecular weight excluding hydrogens is 416 g/mol. The molecule has 4 aromatic rings. The molecule has 0 radical (unpaired) electrons. The third kappa shape index (κ3) is 3.51. The van der Waals surface area contributed by atoms with E-state index in [1.54, 1.807) is 17.1 Å². The third-order valence-corrected chi connectivity index (χ3v) is 7.46. The normalized spacial score (nSPS) is 17.9. The summed E-state index contributed by atoms with van der Waals surface area (Å²) in [4.78, 5) is 4.60. The van der Waals surface area contributed by atoms with Gasteiger partial charge in [-0.2, -0.15) is 9.40 Å². The van der Waals surface area contributed by atoms with Gasteiger partial charge in [-0.15, -0.1) is 10.2 Å². The molecule has 10 heteroatoms. The van der Waals surface area contributed by atoms with E-state index in [9.17, 15) is 8.42 Å². The zero-order valence-corrected chi connectivity index (χ0v) is 17.9. The Balaban J connectivity index is 1.51. The van der Waals surface area contributed by atoms with E-state index in [4.69, 9.17) is 4.42 Å². The maximum atomic E-state index is 13.3. The molecule has 1 atom stereocenters. The van der Waals surface area contributed by atoms with Gasteiger partial charge in [-0.1, -0.05) is 30.7 Å². The van der Waals surface area contributed by atoms with Crippen molar-refractivity contribution in [1.82, 2.24) is 29.3 Å². The predicted molar refractivity (Wildman–Crippen MR) is 113 cm³/mol. The molecule has 4 heterocycles. The van der Waals surface area contributed by atoms with E-state index < -0.39 is 16.1 Å². The van der Waals surface area contributed by atoms with Crippen molar-refractivity contribution in [3.8, 4) is 11.6 Å². The molecule has 1 aliphatic rings. The Morgan fingerprint density at radius 3 is 2.87 bits per heavy atom. The van der Waals surface area contributed by atoms with Crippen LogP contribution < -0.4 is 0 Å². The molecule has 3 aromatic heterocycles. The predicted octanol–water partition coefficient (Wildman–Crippen LogP) is 3.42. The molecule has 5 rings (SSSR count). The van der Waals surface area contributed by atoms with Gasteiger partial charge in [0.1, 0.15) is 16.6 Å². The van der Waals surface area contributed by atoms with E-state index in [2.05, 4.69) is 20.3 Å². The number of hydrogen-bond acceptors (Lipinski definition) is 7. The summed E-state index contributed by atoms with van der Waals surface area (Å²) in [7, 11) is -3.73. The number of fused-ring (bicyclic) bond motifs is 1. The number of hydrogen-bond donors (Lipinski definition) is 0. The lowest BCUT2D eigenvalue weighted by Gasteiger charge is -2.31. The number of aromatic nitrogens is 5. The van der Waals surface area contributed by atoms with Crippen molar-refractivity contribution in [2.24, 2.45) is 0 Å². The van der Waals surface area contributed by atoms with E-state index in [-0.39, 0.29) is 16.7 Å². The number of pyridine rings is 1. The van der Waals surface area contributed by atoms with Gasteiger partial charge in [-0.05, 0) is 31.2 Å². The monoisotopic (exact) mass is 438 g/mol. The Hall–Kier alpha value is -3.11. The van der Waals surface area contributed by atoms with Crippen LogP contribution in [0, 0.1) is 0 Å². The molecule has 0 aliphatic carbocycles. The number of aryl methyl sites for hydroxylation is 1. The van der Waals surface area contributed by atoms with E-state index in [1.165, 1.54) is 10.5 Å². The van der Waals surface area contributed by atoms with Gasteiger partial charge in [0.2, 0.25) is 15.9 Å². The zero-order valence-electron chi connectivity index (χ0n) is 17.0. The van der Waals surface area contributed by atoms with Crippen LogP contribution in [0.1, 0.15) is 38.1 Å². The lowest BCUT2D eigenvalue weighted by Crippen LogP contribution is -2.38. The first-order valence-electron chi connectivity index (χ1n) is 10.3. The van der Waals surface area contributed by atoms with Crippen molar-refractivity contribution in [2.75, 3.05) is 6.54 Å². The van der Waals surface area contributed by atoms with E-state index in [0.717, 1.165) is 23.6 Å². The second kappa shape index (κ2) is 7.86. The standard InChI is InChI=1S/C21H22N6O3S/c1-2-26-14-16(13-23-26)31(28,29)27-12-6-5-9-18(27)20-24-25-21(30-20)19-17-8-4-3-7-15(17)10-11-22-19/h3-4,7-8,10-11,13-14,18H,2,5-6,9,12H2,1H3/t18-/m0/s1. The number of rotatable bonds is 5. The molecule has 0 N–H and O–H groups in total. The average molecular weight is 439 g/mol. The van der Waals surface area contributed by atoms with Crippen LogP contribution in [0.15, 0.2) is 58.2 Å². The van der Waals surface area contributed by atoms with Crippen molar-refractivity contribution in [2.45, 2.75) is 43.7 Å².